The predicted octanol–water partition coefficient (Wildman–Crippen LogP) is 1.27. The molecule has 14 heavy (non-hydrogen) atoms. The van der Waals surface area contributed by atoms with Gasteiger partial charge in [-0.25, -0.2) is 9.78 Å². The molecule has 0 spiro atoms. The molecule has 0 aliphatic heterocycles. The highest BCUT2D eigenvalue weighted by molar-refractivity contribution is 6.33. The Kier molecular flexibility index (Phi) is 1.82. The van der Waals surface area contributed by atoms with Crippen molar-refractivity contribution < 1.29 is 9.90 Å². The van der Waals surface area contributed by atoms with Crippen molar-refractivity contribution in [1.82, 2.24) is 9.38 Å². The molecule has 5 nitrogen and oxygen atoms in total. The summed E-state index contributed by atoms with van der Waals surface area (Å²) < 4.78 is 1.44. The quantitative estimate of drug-likeness (QED) is 0.744. The van der Waals surface area contributed by atoms with Crippen molar-refractivity contribution >= 4 is 29.0 Å². The van der Waals surface area contributed by atoms with Gasteiger partial charge in [0.2, 0.25) is 0 Å². The number of imidazole rings is 1. The summed E-state index contributed by atoms with van der Waals surface area (Å²) in [6.45, 7) is 0. The zero-order valence-electron chi connectivity index (χ0n) is 6.94. The Morgan fingerprint density at radius 1 is 1.64 bits per heavy atom. The van der Waals surface area contributed by atoms with Gasteiger partial charge in [0, 0.05) is 12.4 Å². The van der Waals surface area contributed by atoms with Crippen LogP contribution in [0.3, 0.4) is 0 Å². The largest absolute Gasteiger partial charge is 0.478 e. The Morgan fingerprint density at radius 2 is 2.36 bits per heavy atom. The monoisotopic (exact) mass is 211 g/mol. The number of carbonyl (C=O) groups is 1. The van der Waals surface area contributed by atoms with Crippen molar-refractivity contribution in [2.45, 2.75) is 0 Å². The molecule has 0 radical (unpaired) electrons. The Balaban J connectivity index is 2.91. The number of halogens is 1. The zero-order valence-corrected chi connectivity index (χ0v) is 7.69. The molecule has 0 aliphatic rings. The number of carboxylic acids is 1. The van der Waals surface area contributed by atoms with E-state index in [1.54, 1.807) is 6.20 Å². The molecule has 72 valence electrons. The third kappa shape index (κ3) is 1.10. The highest BCUT2D eigenvalue weighted by atomic mass is 35.5. The van der Waals surface area contributed by atoms with E-state index in [1.165, 1.54) is 16.7 Å². The SMILES string of the molecule is Nc1c(Cl)cc(C(=O)O)c2nccn12. The number of pyridine rings is 1. The molecule has 0 unspecified atom stereocenters. The Bertz CT molecular complexity index is 521. The number of anilines is 1. The fourth-order valence-electron chi connectivity index (χ4n) is 1.23. The van der Waals surface area contributed by atoms with Gasteiger partial charge in [-0.3, -0.25) is 4.40 Å². The minimum atomic E-state index is -1.08. The summed E-state index contributed by atoms with van der Waals surface area (Å²) in [4.78, 5) is 14.7. The summed E-state index contributed by atoms with van der Waals surface area (Å²) >= 11 is 5.76. The highest BCUT2D eigenvalue weighted by Gasteiger charge is 2.14. The van der Waals surface area contributed by atoms with Crippen molar-refractivity contribution in [3.63, 3.8) is 0 Å². The summed E-state index contributed by atoms with van der Waals surface area (Å²) in [5.41, 5.74) is 5.96. The summed E-state index contributed by atoms with van der Waals surface area (Å²) in [5, 5.41) is 9.07. The minimum absolute atomic E-state index is 0.0363. The average molecular weight is 212 g/mol. The van der Waals surface area contributed by atoms with E-state index in [-0.39, 0.29) is 16.4 Å². The van der Waals surface area contributed by atoms with E-state index in [0.717, 1.165) is 0 Å². The van der Waals surface area contributed by atoms with Gasteiger partial charge in [0.1, 0.15) is 11.4 Å². The maximum Gasteiger partial charge on any atom is 0.339 e. The predicted molar refractivity (Wildman–Crippen MR) is 51.6 cm³/mol. The molecular formula is C8H6ClN3O2. The second-order valence-electron chi connectivity index (χ2n) is 2.72. The highest BCUT2D eigenvalue weighted by Crippen LogP contribution is 2.23. The van der Waals surface area contributed by atoms with E-state index in [4.69, 9.17) is 22.4 Å². The van der Waals surface area contributed by atoms with Crippen molar-refractivity contribution in [2.24, 2.45) is 0 Å². The standard InChI is InChI=1S/C8H6ClN3O2/c9-5-3-4(8(13)14)7-11-1-2-12(7)6(5)10/h1-3H,10H2,(H,13,14). The number of nitrogens with zero attached hydrogens (tertiary/aromatic N) is 2. The van der Waals surface area contributed by atoms with E-state index in [1.807, 2.05) is 0 Å². The summed E-state index contributed by atoms with van der Waals surface area (Å²) in [5.74, 6) is -0.799. The van der Waals surface area contributed by atoms with Gasteiger partial charge in [-0.1, -0.05) is 11.6 Å². The number of aromatic carboxylic acids is 1. The van der Waals surface area contributed by atoms with Crippen LogP contribution in [0, 0.1) is 0 Å². The average Bonchev–Trinajstić information content (AvgIpc) is 2.59. The van der Waals surface area contributed by atoms with E-state index < -0.39 is 5.97 Å². The van der Waals surface area contributed by atoms with Gasteiger partial charge < -0.3 is 10.8 Å². The van der Waals surface area contributed by atoms with E-state index >= 15 is 0 Å². The molecule has 2 rings (SSSR count). The molecule has 0 fully saturated rings. The lowest BCUT2D eigenvalue weighted by atomic mass is 10.2. The molecule has 0 saturated carbocycles. The molecule has 0 atom stereocenters. The number of carboxylic acid groups (broad SMARTS) is 1. The molecule has 0 aliphatic carbocycles. The van der Waals surface area contributed by atoms with Crippen molar-refractivity contribution in [3.05, 3.63) is 29.0 Å². The lowest BCUT2D eigenvalue weighted by Gasteiger charge is -2.04. The molecule has 0 aromatic carbocycles. The smallest absolute Gasteiger partial charge is 0.339 e. The number of hydrogen-bond acceptors (Lipinski definition) is 3. The van der Waals surface area contributed by atoms with Crippen LogP contribution in [0.5, 0.6) is 0 Å². The first-order valence-electron chi connectivity index (χ1n) is 3.75. The van der Waals surface area contributed by atoms with Crippen LogP contribution in [0.4, 0.5) is 5.82 Å². The molecule has 3 N–H and O–H groups in total. The van der Waals surface area contributed by atoms with Gasteiger partial charge in [-0.05, 0) is 6.07 Å². The van der Waals surface area contributed by atoms with Gasteiger partial charge in [-0.2, -0.15) is 0 Å². The van der Waals surface area contributed by atoms with Crippen LogP contribution in [0.1, 0.15) is 10.4 Å². The first-order chi connectivity index (χ1) is 6.61. The van der Waals surface area contributed by atoms with Crippen molar-refractivity contribution in [3.8, 4) is 0 Å². The molecule has 2 aromatic rings. The van der Waals surface area contributed by atoms with E-state index in [2.05, 4.69) is 4.98 Å². The Hall–Kier alpha value is -1.75. The number of rotatable bonds is 1. The lowest BCUT2D eigenvalue weighted by molar-refractivity contribution is 0.0698. The van der Waals surface area contributed by atoms with Crippen LogP contribution >= 0.6 is 11.6 Å². The van der Waals surface area contributed by atoms with Crippen molar-refractivity contribution in [2.75, 3.05) is 5.73 Å². The fourth-order valence-corrected chi connectivity index (χ4v) is 1.43. The van der Waals surface area contributed by atoms with Crippen LogP contribution in [-0.2, 0) is 0 Å². The van der Waals surface area contributed by atoms with Crippen LogP contribution < -0.4 is 5.73 Å². The Labute approximate surface area is 83.7 Å². The maximum absolute atomic E-state index is 10.8. The second-order valence-corrected chi connectivity index (χ2v) is 3.12. The van der Waals surface area contributed by atoms with Crippen LogP contribution in [0.25, 0.3) is 5.65 Å². The van der Waals surface area contributed by atoms with Gasteiger partial charge in [0.15, 0.2) is 5.65 Å². The number of nitrogen functional groups attached to an aromatic ring is 1. The maximum atomic E-state index is 10.8. The minimum Gasteiger partial charge on any atom is -0.478 e. The second kappa shape index (κ2) is 2.88. The number of fused-ring (bicyclic) bond motifs is 1. The van der Waals surface area contributed by atoms with E-state index in [0.29, 0.717) is 5.65 Å². The summed E-state index contributed by atoms with van der Waals surface area (Å²) in [6.07, 6.45) is 3.03. The number of hydrogen-bond donors (Lipinski definition) is 2. The molecule has 2 aromatic heterocycles. The van der Waals surface area contributed by atoms with Crippen molar-refractivity contribution in [1.29, 1.82) is 0 Å². The Morgan fingerprint density at radius 3 is 3.00 bits per heavy atom. The molecule has 6 heteroatoms. The first-order valence-corrected chi connectivity index (χ1v) is 4.13. The molecule has 0 bridgehead atoms. The third-order valence-electron chi connectivity index (χ3n) is 1.89. The van der Waals surface area contributed by atoms with Crippen LogP contribution in [0.2, 0.25) is 5.02 Å². The topological polar surface area (TPSA) is 80.6 Å². The van der Waals surface area contributed by atoms with Gasteiger partial charge in [-0.15, -0.1) is 0 Å². The number of aromatic nitrogens is 2. The zero-order chi connectivity index (χ0) is 10.3. The summed E-state index contributed by atoms with van der Waals surface area (Å²) in [7, 11) is 0. The normalized spacial score (nSPS) is 10.6. The molecule has 0 amide bonds. The first kappa shape index (κ1) is 8.83. The van der Waals surface area contributed by atoms with Crippen LogP contribution in [-0.4, -0.2) is 20.5 Å². The van der Waals surface area contributed by atoms with Gasteiger partial charge in [0.05, 0.1) is 5.02 Å². The van der Waals surface area contributed by atoms with Crippen LogP contribution in [0.15, 0.2) is 18.5 Å². The third-order valence-corrected chi connectivity index (χ3v) is 2.19. The van der Waals surface area contributed by atoms with E-state index in [9.17, 15) is 4.79 Å². The fraction of sp³-hybridized carbons (Fsp3) is 0. The van der Waals surface area contributed by atoms with Gasteiger partial charge >= 0.3 is 5.97 Å². The molecule has 0 saturated heterocycles. The summed E-state index contributed by atoms with van der Waals surface area (Å²) in [6, 6.07) is 1.29. The molecule has 2 heterocycles. The van der Waals surface area contributed by atoms with Gasteiger partial charge in [0.25, 0.3) is 0 Å². The number of nitrogens with two attached hydrogens (primary N) is 1. The lowest BCUT2D eigenvalue weighted by Crippen LogP contribution is -2.04. The molecular weight excluding hydrogens is 206 g/mol.